The van der Waals surface area contributed by atoms with Gasteiger partial charge >= 0.3 is 0 Å². The SMILES string of the molecule is OCC1(C2CCCS2)CC1. The van der Waals surface area contributed by atoms with Crippen molar-refractivity contribution in [2.75, 3.05) is 12.4 Å². The van der Waals surface area contributed by atoms with Crippen LogP contribution < -0.4 is 0 Å². The van der Waals surface area contributed by atoms with E-state index in [9.17, 15) is 0 Å². The molecule has 2 aliphatic rings. The van der Waals surface area contributed by atoms with Crippen LogP contribution in [-0.4, -0.2) is 22.7 Å². The van der Waals surface area contributed by atoms with Gasteiger partial charge in [0.05, 0.1) is 0 Å². The normalized spacial score (nSPS) is 36.3. The van der Waals surface area contributed by atoms with E-state index < -0.39 is 0 Å². The molecule has 0 radical (unpaired) electrons. The molecule has 1 aliphatic carbocycles. The minimum absolute atomic E-state index is 0.390. The molecule has 1 aliphatic heterocycles. The van der Waals surface area contributed by atoms with Crippen molar-refractivity contribution in [2.45, 2.75) is 30.9 Å². The molecule has 1 unspecified atom stereocenters. The lowest BCUT2D eigenvalue weighted by Crippen LogP contribution is -2.19. The summed E-state index contributed by atoms with van der Waals surface area (Å²) in [5, 5.41) is 9.91. The van der Waals surface area contributed by atoms with Gasteiger partial charge in [-0.05, 0) is 31.4 Å². The standard InChI is InChI=1S/C8H14OS/c9-6-8(3-4-8)7-2-1-5-10-7/h7,9H,1-6H2. The maximum atomic E-state index is 9.10. The minimum Gasteiger partial charge on any atom is -0.396 e. The van der Waals surface area contributed by atoms with Crippen molar-refractivity contribution in [3.8, 4) is 0 Å². The Labute approximate surface area is 66.2 Å². The highest BCUT2D eigenvalue weighted by Gasteiger charge is 2.49. The summed E-state index contributed by atoms with van der Waals surface area (Å²) in [6, 6.07) is 0. The number of rotatable bonds is 2. The Morgan fingerprint density at radius 1 is 1.50 bits per heavy atom. The summed E-state index contributed by atoms with van der Waals surface area (Å²) in [4.78, 5) is 0. The summed E-state index contributed by atoms with van der Waals surface area (Å²) in [5.74, 6) is 1.33. The maximum absolute atomic E-state index is 9.10. The smallest absolute Gasteiger partial charge is 0.0498 e. The fourth-order valence-corrected chi connectivity index (χ4v) is 3.42. The monoisotopic (exact) mass is 158 g/mol. The molecule has 2 heteroatoms. The maximum Gasteiger partial charge on any atom is 0.0498 e. The van der Waals surface area contributed by atoms with E-state index >= 15 is 0 Å². The first-order valence-electron chi connectivity index (χ1n) is 4.10. The lowest BCUT2D eigenvalue weighted by molar-refractivity contribution is 0.207. The molecule has 1 saturated carbocycles. The summed E-state index contributed by atoms with van der Waals surface area (Å²) >= 11 is 2.08. The van der Waals surface area contributed by atoms with Crippen LogP contribution in [0.2, 0.25) is 0 Å². The van der Waals surface area contributed by atoms with Crippen LogP contribution in [-0.2, 0) is 0 Å². The quantitative estimate of drug-likeness (QED) is 0.659. The van der Waals surface area contributed by atoms with Gasteiger partial charge in [0.25, 0.3) is 0 Å². The average molecular weight is 158 g/mol. The highest BCUT2D eigenvalue weighted by atomic mass is 32.2. The third-order valence-electron chi connectivity index (χ3n) is 2.82. The molecule has 58 valence electrons. The molecule has 1 N–H and O–H groups in total. The predicted octanol–water partition coefficient (Wildman–Crippen LogP) is 1.65. The van der Waals surface area contributed by atoms with E-state index in [0.29, 0.717) is 12.0 Å². The lowest BCUT2D eigenvalue weighted by atomic mass is 10.0. The third-order valence-corrected chi connectivity index (χ3v) is 4.48. The molecule has 0 aromatic heterocycles. The number of hydrogen-bond donors (Lipinski definition) is 1. The van der Waals surface area contributed by atoms with Crippen LogP contribution in [0.1, 0.15) is 25.7 Å². The van der Waals surface area contributed by atoms with Gasteiger partial charge in [0.1, 0.15) is 0 Å². The van der Waals surface area contributed by atoms with Gasteiger partial charge in [-0.15, -0.1) is 0 Å². The fraction of sp³-hybridized carbons (Fsp3) is 1.00. The first kappa shape index (κ1) is 6.99. The van der Waals surface area contributed by atoms with E-state index in [1.807, 2.05) is 0 Å². The van der Waals surface area contributed by atoms with E-state index in [0.717, 1.165) is 5.25 Å². The first-order valence-corrected chi connectivity index (χ1v) is 5.15. The van der Waals surface area contributed by atoms with Gasteiger partial charge in [-0.2, -0.15) is 11.8 Å². The second-order valence-electron chi connectivity index (χ2n) is 3.52. The Hall–Kier alpha value is 0.310. The Morgan fingerprint density at radius 2 is 2.30 bits per heavy atom. The molecule has 10 heavy (non-hydrogen) atoms. The van der Waals surface area contributed by atoms with Crippen LogP contribution in [0.25, 0.3) is 0 Å². The van der Waals surface area contributed by atoms with Crippen molar-refractivity contribution in [2.24, 2.45) is 5.41 Å². The Kier molecular flexibility index (Phi) is 1.69. The zero-order chi connectivity index (χ0) is 7.03. The Morgan fingerprint density at radius 3 is 2.70 bits per heavy atom. The molecule has 1 saturated heterocycles. The van der Waals surface area contributed by atoms with Gasteiger partial charge in [-0.1, -0.05) is 0 Å². The van der Waals surface area contributed by atoms with E-state index in [2.05, 4.69) is 11.8 Å². The molecular formula is C8H14OS. The second-order valence-corrected chi connectivity index (χ2v) is 4.83. The number of aliphatic hydroxyl groups is 1. The molecular weight excluding hydrogens is 144 g/mol. The molecule has 0 aromatic rings. The van der Waals surface area contributed by atoms with E-state index in [1.54, 1.807) is 0 Å². The first-order chi connectivity index (χ1) is 4.87. The van der Waals surface area contributed by atoms with Crippen molar-refractivity contribution in [3.63, 3.8) is 0 Å². The molecule has 0 bridgehead atoms. The lowest BCUT2D eigenvalue weighted by Gasteiger charge is -2.18. The van der Waals surface area contributed by atoms with Crippen LogP contribution in [0.4, 0.5) is 0 Å². The average Bonchev–Trinajstić information content (AvgIpc) is 2.58. The van der Waals surface area contributed by atoms with E-state index in [1.165, 1.54) is 31.4 Å². The topological polar surface area (TPSA) is 20.2 Å². The molecule has 1 nitrogen and oxygen atoms in total. The molecule has 0 amide bonds. The minimum atomic E-state index is 0.390. The summed E-state index contributed by atoms with van der Waals surface area (Å²) in [5.41, 5.74) is 0.390. The fourth-order valence-electron chi connectivity index (χ4n) is 1.80. The summed E-state index contributed by atoms with van der Waals surface area (Å²) < 4.78 is 0. The van der Waals surface area contributed by atoms with Gasteiger partial charge in [0, 0.05) is 17.3 Å². The van der Waals surface area contributed by atoms with Crippen LogP contribution in [0.15, 0.2) is 0 Å². The van der Waals surface area contributed by atoms with Crippen molar-refractivity contribution in [1.29, 1.82) is 0 Å². The van der Waals surface area contributed by atoms with Crippen molar-refractivity contribution in [1.82, 2.24) is 0 Å². The number of thioether (sulfide) groups is 1. The Bertz CT molecular complexity index is 125. The molecule has 2 rings (SSSR count). The highest BCUT2D eigenvalue weighted by Crippen LogP contribution is 2.55. The Balaban J connectivity index is 1.96. The number of aliphatic hydroxyl groups excluding tert-OH is 1. The molecule has 0 aromatic carbocycles. The highest BCUT2D eigenvalue weighted by molar-refractivity contribution is 8.00. The predicted molar refractivity (Wildman–Crippen MR) is 44.2 cm³/mol. The molecule has 1 atom stereocenters. The zero-order valence-corrected chi connectivity index (χ0v) is 6.99. The number of hydrogen-bond acceptors (Lipinski definition) is 2. The van der Waals surface area contributed by atoms with Gasteiger partial charge in [0.15, 0.2) is 0 Å². The van der Waals surface area contributed by atoms with Crippen molar-refractivity contribution in [3.05, 3.63) is 0 Å². The molecule has 1 heterocycles. The second kappa shape index (κ2) is 2.42. The third kappa shape index (κ3) is 0.978. The summed E-state index contributed by atoms with van der Waals surface area (Å²) in [6.45, 7) is 0.435. The summed E-state index contributed by atoms with van der Waals surface area (Å²) in [7, 11) is 0. The van der Waals surface area contributed by atoms with Gasteiger partial charge in [0.2, 0.25) is 0 Å². The van der Waals surface area contributed by atoms with Crippen molar-refractivity contribution >= 4 is 11.8 Å². The van der Waals surface area contributed by atoms with Crippen LogP contribution in [0.3, 0.4) is 0 Å². The van der Waals surface area contributed by atoms with Crippen LogP contribution in [0, 0.1) is 5.41 Å². The van der Waals surface area contributed by atoms with Crippen LogP contribution >= 0.6 is 11.8 Å². The zero-order valence-electron chi connectivity index (χ0n) is 6.18. The molecule has 0 spiro atoms. The largest absolute Gasteiger partial charge is 0.396 e. The van der Waals surface area contributed by atoms with Gasteiger partial charge in [-0.25, -0.2) is 0 Å². The molecule has 2 fully saturated rings. The van der Waals surface area contributed by atoms with E-state index in [-0.39, 0.29) is 0 Å². The van der Waals surface area contributed by atoms with E-state index in [4.69, 9.17) is 5.11 Å². The van der Waals surface area contributed by atoms with Crippen LogP contribution in [0.5, 0.6) is 0 Å². The van der Waals surface area contributed by atoms with Gasteiger partial charge < -0.3 is 5.11 Å². The van der Waals surface area contributed by atoms with Crippen molar-refractivity contribution < 1.29 is 5.11 Å². The van der Waals surface area contributed by atoms with Gasteiger partial charge in [-0.3, -0.25) is 0 Å². The summed E-state index contributed by atoms with van der Waals surface area (Å²) in [6.07, 6.45) is 5.28.